The predicted molar refractivity (Wildman–Crippen MR) is 62.2 cm³/mol. The lowest BCUT2D eigenvalue weighted by Gasteiger charge is -2.23. The first-order chi connectivity index (χ1) is 7.84. The third-order valence-electron chi connectivity index (χ3n) is 2.94. The molecule has 1 N–H and O–H groups in total. The summed E-state index contributed by atoms with van der Waals surface area (Å²) in [6, 6.07) is 6.88. The Morgan fingerprint density at radius 2 is 2.31 bits per heavy atom. The maximum absolute atomic E-state index is 12.9. The third kappa shape index (κ3) is 3.49. The average molecular weight is 223 g/mol. The van der Waals surface area contributed by atoms with Gasteiger partial charge in [-0.3, -0.25) is 0 Å². The number of hydrogen-bond donors (Lipinski definition) is 1. The predicted octanol–water partition coefficient (Wildman–Crippen LogP) is 2.74. The number of hydrogen-bond acceptors (Lipinski definition) is 2. The van der Waals surface area contributed by atoms with E-state index in [0.717, 1.165) is 13.0 Å². The smallest absolute Gasteiger partial charge is 0.126 e. The van der Waals surface area contributed by atoms with Gasteiger partial charge in [-0.05, 0) is 37.9 Å². The summed E-state index contributed by atoms with van der Waals surface area (Å²) in [4.78, 5) is 0. The highest BCUT2D eigenvalue weighted by Gasteiger charge is 2.11. The van der Waals surface area contributed by atoms with Gasteiger partial charge in [0, 0.05) is 12.1 Å². The molecule has 1 aliphatic rings. The summed E-state index contributed by atoms with van der Waals surface area (Å²) < 4.78 is 18.4. The number of benzene rings is 1. The fourth-order valence-corrected chi connectivity index (χ4v) is 2.05. The SMILES string of the molecule is Fc1cccc(OCCC2CCCCN2)c1. The van der Waals surface area contributed by atoms with Crippen LogP contribution in [0, 0.1) is 5.82 Å². The topological polar surface area (TPSA) is 21.3 Å². The normalized spacial score (nSPS) is 20.7. The molecule has 3 heteroatoms. The first-order valence-electron chi connectivity index (χ1n) is 5.96. The van der Waals surface area contributed by atoms with E-state index in [-0.39, 0.29) is 5.82 Å². The van der Waals surface area contributed by atoms with Crippen LogP contribution in [0.4, 0.5) is 4.39 Å². The van der Waals surface area contributed by atoms with E-state index in [9.17, 15) is 4.39 Å². The Labute approximate surface area is 95.8 Å². The van der Waals surface area contributed by atoms with Crippen molar-refractivity contribution in [2.45, 2.75) is 31.7 Å². The van der Waals surface area contributed by atoms with Crippen molar-refractivity contribution < 1.29 is 9.13 Å². The Morgan fingerprint density at radius 3 is 3.06 bits per heavy atom. The molecule has 1 aromatic rings. The van der Waals surface area contributed by atoms with Crippen LogP contribution in [0.1, 0.15) is 25.7 Å². The summed E-state index contributed by atoms with van der Waals surface area (Å²) in [6.07, 6.45) is 4.81. The number of rotatable bonds is 4. The molecule has 1 fully saturated rings. The molecule has 0 aliphatic carbocycles. The maximum Gasteiger partial charge on any atom is 0.126 e. The molecule has 0 saturated carbocycles. The zero-order valence-corrected chi connectivity index (χ0v) is 9.42. The van der Waals surface area contributed by atoms with Crippen molar-refractivity contribution in [3.05, 3.63) is 30.1 Å². The first-order valence-corrected chi connectivity index (χ1v) is 5.96. The van der Waals surface area contributed by atoms with E-state index in [1.807, 2.05) is 0 Å². The summed E-state index contributed by atoms with van der Waals surface area (Å²) in [6.45, 7) is 1.77. The van der Waals surface area contributed by atoms with Crippen LogP contribution in [0.15, 0.2) is 24.3 Å². The molecular weight excluding hydrogens is 205 g/mol. The van der Waals surface area contributed by atoms with Crippen molar-refractivity contribution in [2.75, 3.05) is 13.2 Å². The van der Waals surface area contributed by atoms with E-state index in [0.29, 0.717) is 18.4 Å². The summed E-state index contributed by atoms with van der Waals surface area (Å²) in [5.74, 6) is 0.379. The molecule has 0 bridgehead atoms. The van der Waals surface area contributed by atoms with Gasteiger partial charge in [-0.2, -0.15) is 0 Å². The van der Waals surface area contributed by atoms with Crippen LogP contribution in [0.25, 0.3) is 0 Å². The van der Waals surface area contributed by atoms with Crippen LogP contribution >= 0.6 is 0 Å². The molecule has 1 heterocycles. The molecule has 0 aromatic heterocycles. The van der Waals surface area contributed by atoms with Crippen molar-refractivity contribution in [1.82, 2.24) is 5.32 Å². The Balaban J connectivity index is 1.71. The van der Waals surface area contributed by atoms with Gasteiger partial charge in [0.1, 0.15) is 11.6 Å². The molecule has 2 rings (SSSR count). The van der Waals surface area contributed by atoms with Crippen molar-refractivity contribution in [3.8, 4) is 5.75 Å². The monoisotopic (exact) mass is 223 g/mol. The molecule has 1 atom stereocenters. The van der Waals surface area contributed by atoms with Gasteiger partial charge in [0.25, 0.3) is 0 Å². The second-order valence-corrected chi connectivity index (χ2v) is 4.24. The van der Waals surface area contributed by atoms with Crippen molar-refractivity contribution in [1.29, 1.82) is 0 Å². The van der Waals surface area contributed by atoms with E-state index in [2.05, 4.69) is 5.32 Å². The van der Waals surface area contributed by atoms with Crippen LogP contribution in [0.3, 0.4) is 0 Å². The minimum atomic E-state index is -0.242. The average Bonchev–Trinajstić information content (AvgIpc) is 2.30. The molecule has 0 radical (unpaired) electrons. The Kier molecular flexibility index (Phi) is 4.17. The van der Waals surface area contributed by atoms with Gasteiger partial charge < -0.3 is 10.1 Å². The van der Waals surface area contributed by atoms with Crippen LogP contribution in [0.2, 0.25) is 0 Å². The van der Waals surface area contributed by atoms with E-state index in [1.165, 1.54) is 31.4 Å². The third-order valence-corrected chi connectivity index (χ3v) is 2.94. The molecule has 0 spiro atoms. The standard InChI is InChI=1S/C13H18FNO/c14-11-4-3-6-13(10-11)16-9-7-12-5-1-2-8-15-12/h3-4,6,10,12,15H,1-2,5,7-9H2. The van der Waals surface area contributed by atoms with Gasteiger partial charge in [0.15, 0.2) is 0 Å². The molecule has 2 nitrogen and oxygen atoms in total. The quantitative estimate of drug-likeness (QED) is 0.847. The van der Waals surface area contributed by atoms with Crippen molar-refractivity contribution in [3.63, 3.8) is 0 Å². The van der Waals surface area contributed by atoms with Crippen LogP contribution in [-0.4, -0.2) is 19.2 Å². The van der Waals surface area contributed by atoms with Gasteiger partial charge in [-0.25, -0.2) is 4.39 Å². The summed E-state index contributed by atoms with van der Waals surface area (Å²) in [5, 5.41) is 3.46. The minimum absolute atomic E-state index is 0.242. The summed E-state index contributed by atoms with van der Waals surface area (Å²) in [7, 11) is 0. The molecule has 16 heavy (non-hydrogen) atoms. The van der Waals surface area contributed by atoms with Crippen molar-refractivity contribution >= 4 is 0 Å². The Hall–Kier alpha value is -1.09. The lowest BCUT2D eigenvalue weighted by molar-refractivity contribution is 0.267. The number of nitrogens with one attached hydrogen (secondary N) is 1. The largest absolute Gasteiger partial charge is 0.493 e. The van der Waals surface area contributed by atoms with Gasteiger partial charge in [0.05, 0.1) is 6.61 Å². The van der Waals surface area contributed by atoms with Gasteiger partial charge in [-0.15, -0.1) is 0 Å². The van der Waals surface area contributed by atoms with Crippen LogP contribution in [-0.2, 0) is 0 Å². The molecule has 88 valence electrons. The highest BCUT2D eigenvalue weighted by Crippen LogP contribution is 2.14. The molecule has 1 unspecified atom stereocenters. The van der Waals surface area contributed by atoms with Crippen LogP contribution < -0.4 is 10.1 Å². The van der Waals surface area contributed by atoms with Crippen LogP contribution in [0.5, 0.6) is 5.75 Å². The summed E-state index contributed by atoms with van der Waals surface area (Å²) in [5.41, 5.74) is 0. The van der Waals surface area contributed by atoms with Gasteiger partial charge in [0.2, 0.25) is 0 Å². The maximum atomic E-state index is 12.9. The highest BCUT2D eigenvalue weighted by molar-refractivity contribution is 5.22. The number of halogens is 1. The lowest BCUT2D eigenvalue weighted by atomic mass is 10.0. The number of ether oxygens (including phenoxy) is 1. The number of piperidine rings is 1. The molecule has 1 aromatic carbocycles. The fourth-order valence-electron chi connectivity index (χ4n) is 2.05. The second kappa shape index (κ2) is 5.85. The van der Waals surface area contributed by atoms with Gasteiger partial charge in [-0.1, -0.05) is 12.5 Å². The van der Waals surface area contributed by atoms with Gasteiger partial charge >= 0.3 is 0 Å². The van der Waals surface area contributed by atoms with Crippen molar-refractivity contribution in [2.24, 2.45) is 0 Å². The van der Waals surface area contributed by atoms with E-state index in [4.69, 9.17) is 4.74 Å². The minimum Gasteiger partial charge on any atom is -0.493 e. The zero-order chi connectivity index (χ0) is 11.2. The van der Waals surface area contributed by atoms with E-state index in [1.54, 1.807) is 12.1 Å². The molecule has 1 saturated heterocycles. The summed E-state index contributed by atoms with van der Waals surface area (Å²) >= 11 is 0. The Morgan fingerprint density at radius 1 is 1.38 bits per heavy atom. The van der Waals surface area contributed by atoms with E-state index < -0.39 is 0 Å². The van der Waals surface area contributed by atoms with E-state index >= 15 is 0 Å². The fraction of sp³-hybridized carbons (Fsp3) is 0.538. The molecular formula is C13H18FNO. The second-order valence-electron chi connectivity index (χ2n) is 4.24. The Bertz CT molecular complexity index is 323. The lowest BCUT2D eigenvalue weighted by Crippen LogP contribution is -2.35. The highest BCUT2D eigenvalue weighted by atomic mass is 19.1. The first kappa shape index (κ1) is 11.4. The molecule has 1 aliphatic heterocycles. The zero-order valence-electron chi connectivity index (χ0n) is 9.42. The molecule has 0 amide bonds.